The topological polar surface area (TPSA) is 66.7 Å². The predicted molar refractivity (Wildman–Crippen MR) is 86.6 cm³/mol. The quantitative estimate of drug-likeness (QED) is 0.908. The van der Waals surface area contributed by atoms with Gasteiger partial charge in [-0.05, 0) is 18.1 Å². The van der Waals surface area contributed by atoms with Crippen molar-refractivity contribution in [2.45, 2.75) is 26.8 Å². The van der Waals surface area contributed by atoms with E-state index in [-0.39, 0.29) is 17.7 Å². The number of hydrogen-bond acceptors (Lipinski definition) is 3. The molecular formula is C17H22N4O2. The van der Waals surface area contributed by atoms with E-state index in [1.165, 1.54) is 0 Å². The molecule has 6 heteroatoms. The number of hydrogen-bond donors (Lipinski definition) is 1. The zero-order valence-electron chi connectivity index (χ0n) is 13.5. The summed E-state index contributed by atoms with van der Waals surface area (Å²) in [5.74, 6) is 0.192. The molecule has 3 rings (SSSR count). The summed E-state index contributed by atoms with van der Waals surface area (Å²) < 4.78 is 1.78. The second-order valence-electron chi connectivity index (χ2n) is 6.51. The van der Waals surface area contributed by atoms with Gasteiger partial charge in [0.05, 0.1) is 17.6 Å². The first-order valence-corrected chi connectivity index (χ1v) is 8.01. The average Bonchev–Trinajstić information content (AvgIpc) is 3.09. The Labute approximate surface area is 135 Å². The Morgan fingerprint density at radius 1 is 1.43 bits per heavy atom. The van der Waals surface area contributed by atoms with E-state index in [0.29, 0.717) is 25.4 Å². The molecule has 0 spiro atoms. The molecule has 0 bridgehead atoms. The smallest absolute Gasteiger partial charge is 0.225 e. The number of fused-ring (bicyclic) bond motifs is 1. The lowest BCUT2D eigenvalue weighted by Crippen LogP contribution is -2.33. The zero-order valence-corrected chi connectivity index (χ0v) is 13.5. The maximum absolute atomic E-state index is 12.3. The lowest BCUT2D eigenvalue weighted by atomic mass is 10.1. The number of carbonyl (C=O) groups is 2. The van der Waals surface area contributed by atoms with Gasteiger partial charge in [-0.3, -0.25) is 9.59 Å². The van der Waals surface area contributed by atoms with E-state index in [9.17, 15) is 9.59 Å². The molecule has 6 nitrogen and oxygen atoms in total. The molecule has 1 aliphatic heterocycles. The largest absolute Gasteiger partial charge is 0.352 e. The molecule has 0 aromatic carbocycles. The normalized spacial score (nSPS) is 18.1. The van der Waals surface area contributed by atoms with Gasteiger partial charge in [0.2, 0.25) is 11.8 Å². The van der Waals surface area contributed by atoms with E-state index in [2.05, 4.69) is 24.3 Å². The molecule has 122 valence electrons. The van der Waals surface area contributed by atoms with Gasteiger partial charge in [0, 0.05) is 37.8 Å². The molecule has 0 saturated carbocycles. The highest BCUT2D eigenvalue weighted by Gasteiger charge is 2.34. The zero-order chi connectivity index (χ0) is 16.4. The van der Waals surface area contributed by atoms with Crippen LogP contribution in [-0.4, -0.2) is 39.4 Å². The van der Waals surface area contributed by atoms with Crippen LogP contribution in [0, 0.1) is 11.8 Å². The maximum atomic E-state index is 12.3. The second kappa shape index (κ2) is 6.40. The number of nitrogens with zero attached hydrogens (tertiary/aromatic N) is 3. The molecular weight excluding hydrogens is 292 g/mol. The Balaban J connectivity index is 1.59. The van der Waals surface area contributed by atoms with E-state index >= 15 is 0 Å². The van der Waals surface area contributed by atoms with Crippen LogP contribution in [0.3, 0.4) is 0 Å². The van der Waals surface area contributed by atoms with Gasteiger partial charge >= 0.3 is 0 Å². The third-order valence-electron chi connectivity index (χ3n) is 4.13. The fourth-order valence-electron chi connectivity index (χ4n) is 3.02. The first kappa shape index (κ1) is 15.5. The number of pyridine rings is 1. The van der Waals surface area contributed by atoms with Crippen molar-refractivity contribution in [1.82, 2.24) is 19.8 Å². The van der Waals surface area contributed by atoms with Crippen LogP contribution in [0.2, 0.25) is 0 Å². The van der Waals surface area contributed by atoms with Crippen LogP contribution in [0.25, 0.3) is 5.52 Å². The fraction of sp³-hybridized carbons (Fsp3) is 0.471. The Bertz CT molecular complexity index is 722. The minimum Gasteiger partial charge on any atom is -0.352 e. The van der Waals surface area contributed by atoms with Crippen molar-refractivity contribution >= 4 is 17.3 Å². The number of rotatable bonds is 5. The Kier molecular flexibility index (Phi) is 4.32. The summed E-state index contributed by atoms with van der Waals surface area (Å²) in [5.41, 5.74) is 1.96. The summed E-state index contributed by atoms with van der Waals surface area (Å²) in [7, 11) is 0. The van der Waals surface area contributed by atoms with Crippen molar-refractivity contribution in [2.24, 2.45) is 11.8 Å². The summed E-state index contributed by atoms with van der Waals surface area (Å²) >= 11 is 0. The van der Waals surface area contributed by atoms with Gasteiger partial charge in [0.1, 0.15) is 0 Å². The number of likely N-dealkylation sites (tertiary alicyclic amines) is 1. The van der Waals surface area contributed by atoms with Gasteiger partial charge in [0.25, 0.3) is 0 Å². The number of aromatic nitrogens is 2. The van der Waals surface area contributed by atoms with Crippen molar-refractivity contribution in [3.8, 4) is 0 Å². The summed E-state index contributed by atoms with van der Waals surface area (Å²) in [6, 6.07) is 5.83. The molecule has 2 aromatic rings. The van der Waals surface area contributed by atoms with E-state index < -0.39 is 0 Å². The summed E-state index contributed by atoms with van der Waals surface area (Å²) in [6.45, 7) is 5.83. The molecule has 1 N–H and O–H groups in total. The first-order valence-electron chi connectivity index (χ1n) is 8.01. The van der Waals surface area contributed by atoms with Crippen molar-refractivity contribution in [3.05, 3.63) is 36.2 Å². The lowest BCUT2D eigenvalue weighted by Gasteiger charge is -2.18. The van der Waals surface area contributed by atoms with E-state index in [1.807, 2.05) is 24.4 Å². The van der Waals surface area contributed by atoms with Gasteiger partial charge in [0.15, 0.2) is 0 Å². The molecule has 2 aromatic heterocycles. The molecule has 3 heterocycles. The van der Waals surface area contributed by atoms with Crippen LogP contribution in [0.4, 0.5) is 0 Å². The average molecular weight is 314 g/mol. The van der Waals surface area contributed by atoms with Crippen LogP contribution >= 0.6 is 0 Å². The highest BCUT2D eigenvalue weighted by atomic mass is 16.2. The molecule has 1 atom stereocenters. The van der Waals surface area contributed by atoms with E-state index in [0.717, 1.165) is 17.6 Å². The monoisotopic (exact) mass is 314 g/mol. The maximum Gasteiger partial charge on any atom is 0.225 e. The number of nitrogens with one attached hydrogen (secondary N) is 1. The highest BCUT2D eigenvalue weighted by Crippen LogP contribution is 2.19. The molecule has 1 saturated heterocycles. The standard InChI is InChI=1S/C17H22N4O2/c1-12(2)10-20-11-13(7-16(20)22)17(23)18-8-14-9-19-21-6-4-3-5-15(14)21/h3-6,9,12-13H,7-8,10-11H2,1-2H3,(H,18,23)/t13-/m0/s1. The molecule has 1 fully saturated rings. The molecule has 1 aliphatic rings. The molecule has 23 heavy (non-hydrogen) atoms. The Morgan fingerprint density at radius 2 is 2.26 bits per heavy atom. The van der Waals surface area contributed by atoms with Crippen molar-refractivity contribution in [3.63, 3.8) is 0 Å². The Morgan fingerprint density at radius 3 is 3.04 bits per heavy atom. The molecule has 0 aliphatic carbocycles. The van der Waals surface area contributed by atoms with Crippen molar-refractivity contribution in [2.75, 3.05) is 13.1 Å². The van der Waals surface area contributed by atoms with E-state index in [1.54, 1.807) is 15.6 Å². The van der Waals surface area contributed by atoms with Crippen LogP contribution in [0.15, 0.2) is 30.6 Å². The molecule has 0 radical (unpaired) electrons. The number of carbonyl (C=O) groups excluding carboxylic acids is 2. The Hall–Kier alpha value is -2.37. The van der Waals surface area contributed by atoms with Crippen LogP contribution < -0.4 is 5.32 Å². The third kappa shape index (κ3) is 3.36. The van der Waals surface area contributed by atoms with Gasteiger partial charge in [-0.25, -0.2) is 4.52 Å². The van der Waals surface area contributed by atoms with Gasteiger partial charge < -0.3 is 10.2 Å². The first-order chi connectivity index (χ1) is 11.0. The second-order valence-corrected chi connectivity index (χ2v) is 6.51. The summed E-state index contributed by atoms with van der Waals surface area (Å²) in [4.78, 5) is 26.1. The predicted octanol–water partition coefficient (Wildman–Crippen LogP) is 1.45. The van der Waals surface area contributed by atoms with Crippen LogP contribution in [-0.2, 0) is 16.1 Å². The molecule has 2 amide bonds. The van der Waals surface area contributed by atoms with Gasteiger partial charge in [-0.1, -0.05) is 19.9 Å². The van der Waals surface area contributed by atoms with Crippen LogP contribution in [0.1, 0.15) is 25.8 Å². The van der Waals surface area contributed by atoms with Crippen molar-refractivity contribution < 1.29 is 9.59 Å². The van der Waals surface area contributed by atoms with Gasteiger partial charge in [-0.15, -0.1) is 0 Å². The highest BCUT2D eigenvalue weighted by molar-refractivity contribution is 5.89. The fourth-order valence-corrected chi connectivity index (χ4v) is 3.02. The van der Waals surface area contributed by atoms with Crippen molar-refractivity contribution in [1.29, 1.82) is 0 Å². The number of amides is 2. The SMILES string of the molecule is CC(C)CN1C[C@@H](C(=O)NCc2cnn3ccccc23)CC1=O. The summed E-state index contributed by atoms with van der Waals surface area (Å²) in [6.07, 6.45) is 3.95. The summed E-state index contributed by atoms with van der Waals surface area (Å²) in [5, 5.41) is 7.20. The third-order valence-corrected chi connectivity index (χ3v) is 4.13. The van der Waals surface area contributed by atoms with E-state index in [4.69, 9.17) is 0 Å². The van der Waals surface area contributed by atoms with Gasteiger partial charge in [-0.2, -0.15) is 5.10 Å². The minimum absolute atomic E-state index is 0.0557. The van der Waals surface area contributed by atoms with Crippen LogP contribution in [0.5, 0.6) is 0 Å². The minimum atomic E-state index is -0.247. The lowest BCUT2D eigenvalue weighted by molar-refractivity contribution is -0.129. The molecule has 0 unspecified atom stereocenters.